The summed E-state index contributed by atoms with van der Waals surface area (Å²) in [5, 5.41) is 6.71. The molecule has 0 saturated heterocycles. The third-order valence-corrected chi connectivity index (χ3v) is 3.34. The van der Waals surface area contributed by atoms with Crippen LogP contribution in [0.1, 0.15) is 5.56 Å². The summed E-state index contributed by atoms with van der Waals surface area (Å²) >= 11 is 5.74. The highest BCUT2D eigenvalue weighted by atomic mass is 35.5. The van der Waals surface area contributed by atoms with E-state index in [1.165, 1.54) is 6.21 Å². The van der Waals surface area contributed by atoms with Crippen LogP contribution in [0, 0.1) is 0 Å². The smallest absolute Gasteiger partial charge is 0.329 e. The monoisotopic (exact) mass is 345 g/mol. The summed E-state index contributed by atoms with van der Waals surface area (Å²) in [4.78, 5) is 23.4. The van der Waals surface area contributed by atoms with Crippen LogP contribution in [0.4, 0.5) is 5.69 Å². The Balaban J connectivity index is 1.54. The number of hydrogen-bond acceptors (Lipinski definition) is 5. The Hall–Kier alpha value is -3.06. The number of rotatable bonds is 3. The minimum atomic E-state index is -0.887. The standard InChI is InChI=1S/C16H12ClN3O4/c17-11-2-4-12(5-3-11)19-15(21)16(22)20-18-8-10-1-6-13-14(7-10)24-9-23-13/h1-8H,9H2,(H,19,21)(H,20,22). The summed E-state index contributed by atoms with van der Waals surface area (Å²) in [7, 11) is 0. The van der Waals surface area contributed by atoms with Gasteiger partial charge in [0.05, 0.1) is 6.21 Å². The molecule has 8 heteroatoms. The van der Waals surface area contributed by atoms with Gasteiger partial charge in [-0.05, 0) is 48.0 Å². The zero-order valence-electron chi connectivity index (χ0n) is 12.3. The first kappa shape index (κ1) is 15.8. The Morgan fingerprint density at radius 2 is 1.79 bits per heavy atom. The SMILES string of the molecule is O=C(NN=Cc1ccc2c(c1)OCO2)C(=O)Nc1ccc(Cl)cc1. The molecule has 0 fully saturated rings. The molecule has 0 aliphatic carbocycles. The van der Waals surface area contributed by atoms with Crippen LogP contribution in [-0.4, -0.2) is 24.8 Å². The quantitative estimate of drug-likeness (QED) is 0.507. The molecule has 3 rings (SSSR count). The summed E-state index contributed by atoms with van der Waals surface area (Å²) in [5.41, 5.74) is 3.30. The van der Waals surface area contributed by atoms with Gasteiger partial charge in [0.2, 0.25) is 6.79 Å². The number of carbonyl (C=O) groups excluding carboxylic acids is 2. The molecule has 0 unspecified atom stereocenters. The van der Waals surface area contributed by atoms with Gasteiger partial charge in [-0.15, -0.1) is 0 Å². The van der Waals surface area contributed by atoms with Gasteiger partial charge < -0.3 is 14.8 Å². The minimum absolute atomic E-state index is 0.178. The minimum Gasteiger partial charge on any atom is -0.454 e. The van der Waals surface area contributed by atoms with Crippen molar-refractivity contribution in [2.75, 3.05) is 12.1 Å². The van der Waals surface area contributed by atoms with Gasteiger partial charge in [0, 0.05) is 10.7 Å². The van der Waals surface area contributed by atoms with Crippen molar-refractivity contribution in [2.45, 2.75) is 0 Å². The molecule has 0 atom stereocenters. The van der Waals surface area contributed by atoms with Crippen molar-refractivity contribution in [1.82, 2.24) is 5.43 Å². The first-order chi connectivity index (χ1) is 11.6. The average Bonchev–Trinajstić information content (AvgIpc) is 3.04. The molecule has 1 aliphatic rings. The van der Waals surface area contributed by atoms with E-state index >= 15 is 0 Å². The maximum absolute atomic E-state index is 11.7. The van der Waals surface area contributed by atoms with Crippen LogP contribution in [0.25, 0.3) is 0 Å². The molecular weight excluding hydrogens is 334 g/mol. The number of hydrazone groups is 1. The summed E-state index contributed by atoms with van der Waals surface area (Å²) in [6.07, 6.45) is 1.40. The number of nitrogens with one attached hydrogen (secondary N) is 2. The molecule has 0 bridgehead atoms. The molecule has 0 saturated carbocycles. The Morgan fingerprint density at radius 1 is 1.04 bits per heavy atom. The summed E-state index contributed by atoms with van der Waals surface area (Å²) in [5.74, 6) is -0.466. The molecule has 1 aliphatic heterocycles. The average molecular weight is 346 g/mol. The van der Waals surface area contributed by atoms with Crippen LogP contribution in [-0.2, 0) is 9.59 Å². The van der Waals surface area contributed by atoms with Crippen molar-refractivity contribution in [1.29, 1.82) is 0 Å². The Kier molecular flexibility index (Phi) is 4.62. The largest absolute Gasteiger partial charge is 0.454 e. The van der Waals surface area contributed by atoms with E-state index in [9.17, 15) is 9.59 Å². The Bertz CT molecular complexity index is 805. The van der Waals surface area contributed by atoms with Gasteiger partial charge >= 0.3 is 11.8 Å². The lowest BCUT2D eigenvalue weighted by atomic mass is 10.2. The third-order valence-electron chi connectivity index (χ3n) is 3.08. The van der Waals surface area contributed by atoms with E-state index in [1.807, 2.05) is 0 Å². The molecule has 0 aromatic heterocycles. The highest BCUT2D eigenvalue weighted by molar-refractivity contribution is 6.39. The summed E-state index contributed by atoms with van der Waals surface area (Å²) in [6.45, 7) is 0.178. The van der Waals surface area contributed by atoms with Crippen LogP contribution in [0.3, 0.4) is 0 Å². The van der Waals surface area contributed by atoms with Crippen LogP contribution in [0.15, 0.2) is 47.6 Å². The summed E-state index contributed by atoms with van der Waals surface area (Å²) in [6, 6.07) is 11.6. The number of halogens is 1. The molecule has 2 aromatic carbocycles. The first-order valence-corrected chi connectivity index (χ1v) is 7.29. The van der Waals surface area contributed by atoms with E-state index in [0.29, 0.717) is 27.8 Å². The molecule has 2 amide bonds. The number of ether oxygens (including phenoxy) is 2. The number of nitrogens with zero attached hydrogens (tertiary/aromatic N) is 1. The normalized spacial score (nSPS) is 12.2. The topological polar surface area (TPSA) is 89.0 Å². The molecule has 0 radical (unpaired) electrons. The van der Waals surface area contributed by atoms with E-state index in [-0.39, 0.29) is 6.79 Å². The zero-order chi connectivity index (χ0) is 16.9. The van der Waals surface area contributed by atoms with Crippen molar-refractivity contribution < 1.29 is 19.1 Å². The zero-order valence-corrected chi connectivity index (χ0v) is 13.0. The van der Waals surface area contributed by atoms with Crippen LogP contribution < -0.4 is 20.2 Å². The molecule has 122 valence electrons. The fraction of sp³-hybridized carbons (Fsp3) is 0.0625. The predicted octanol–water partition coefficient (Wildman–Crippen LogP) is 2.16. The number of benzene rings is 2. The number of hydrogen-bond donors (Lipinski definition) is 2. The van der Waals surface area contributed by atoms with E-state index < -0.39 is 11.8 Å². The van der Waals surface area contributed by atoms with E-state index in [4.69, 9.17) is 21.1 Å². The Labute approximate surface area is 142 Å². The fourth-order valence-electron chi connectivity index (χ4n) is 1.93. The van der Waals surface area contributed by atoms with Gasteiger partial charge in [0.1, 0.15) is 0 Å². The highest BCUT2D eigenvalue weighted by Gasteiger charge is 2.14. The third kappa shape index (κ3) is 3.82. The van der Waals surface area contributed by atoms with Crippen molar-refractivity contribution in [3.8, 4) is 11.5 Å². The molecular formula is C16H12ClN3O4. The van der Waals surface area contributed by atoms with Gasteiger partial charge in [-0.2, -0.15) is 5.10 Å². The summed E-state index contributed by atoms with van der Waals surface area (Å²) < 4.78 is 10.4. The van der Waals surface area contributed by atoms with Crippen molar-refractivity contribution in [3.63, 3.8) is 0 Å². The first-order valence-electron chi connectivity index (χ1n) is 6.91. The lowest BCUT2D eigenvalue weighted by molar-refractivity contribution is -0.136. The van der Waals surface area contributed by atoms with Gasteiger partial charge in [-0.3, -0.25) is 9.59 Å². The molecule has 0 spiro atoms. The second kappa shape index (κ2) is 7.01. The van der Waals surface area contributed by atoms with Crippen molar-refractivity contribution in [2.24, 2.45) is 5.10 Å². The van der Waals surface area contributed by atoms with Crippen LogP contribution in [0.5, 0.6) is 11.5 Å². The number of anilines is 1. The van der Waals surface area contributed by atoms with Gasteiger partial charge in [0.25, 0.3) is 0 Å². The van der Waals surface area contributed by atoms with Crippen molar-refractivity contribution >= 4 is 35.3 Å². The number of fused-ring (bicyclic) bond motifs is 1. The number of carbonyl (C=O) groups is 2. The second-order valence-corrected chi connectivity index (χ2v) is 5.21. The van der Waals surface area contributed by atoms with Gasteiger partial charge in [-0.1, -0.05) is 11.6 Å². The van der Waals surface area contributed by atoms with E-state index in [1.54, 1.807) is 42.5 Å². The highest BCUT2D eigenvalue weighted by Crippen LogP contribution is 2.31. The lowest BCUT2D eigenvalue weighted by Gasteiger charge is -2.03. The molecule has 24 heavy (non-hydrogen) atoms. The van der Waals surface area contributed by atoms with Gasteiger partial charge in [0.15, 0.2) is 11.5 Å². The molecule has 2 aromatic rings. The van der Waals surface area contributed by atoms with E-state index in [2.05, 4.69) is 15.8 Å². The maximum Gasteiger partial charge on any atom is 0.329 e. The Morgan fingerprint density at radius 3 is 2.58 bits per heavy atom. The molecule has 7 nitrogen and oxygen atoms in total. The van der Waals surface area contributed by atoms with Crippen molar-refractivity contribution in [3.05, 3.63) is 53.1 Å². The maximum atomic E-state index is 11.7. The van der Waals surface area contributed by atoms with Crippen LogP contribution >= 0.6 is 11.6 Å². The number of amides is 2. The lowest BCUT2D eigenvalue weighted by Crippen LogP contribution is -2.32. The van der Waals surface area contributed by atoms with Crippen LogP contribution in [0.2, 0.25) is 5.02 Å². The molecule has 1 heterocycles. The van der Waals surface area contributed by atoms with Gasteiger partial charge in [-0.25, -0.2) is 5.43 Å². The predicted molar refractivity (Wildman–Crippen MR) is 88.4 cm³/mol. The van der Waals surface area contributed by atoms with E-state index in [0.717, 1.165) is 0 Å². The fourth-order valence-corrected chi connectivity index (χ4v) is 2.06. The second-order valence-electron chi connectivity index (χ2n) is 4.77. The molecule has 2 N–H and O–H groups in total.